The third kappa shape index (κ3) is 4.01. The summed E-state index contributed by atoms with van der Waals surface area (Å²) in [5, 5.41) is 11.8. The van der Waals surface area contributed by atoms with E-state index in [1.165, 1.54) is 37.9 Å². The third-order valence-corrected chi connectivity index (χ3v) is 6.59. The molecule has 2 aliphatic heterocycles. The molecule has 6 nitrogen and oxygen atoms in total. The highest BCUT2D eigenvalue weighted by Gasteiger charge is 2.23. The Balaban J connectivity index is 1.40. The largest absolute Gasteiger partial charge is 0.494 e. The molecule has 2 aliphatic rings. The van der Waals surface area contributed by atoms with Crippen LogP contribution < -0.4 is 9.47 Å². The second kappa shape index (κ2) is 8.88. The maximum atomic E-state index is 10.9. The van der Waals surface area contributed by atoms with Gasteiger partial charge in [-0.25, -0.2) is 4.99 Å². The summed E-state index contributed by atoms with van der Waals surface area (Å²) in [4.78, 5) is 10.6. The van der Waals surface area contributed by atoms with Crippen molar-refractivity contribution in [2.75, 3.05) is 19.9 Å². The molecule has 172 valence electrons. The van der Waals surface area contributed by atoms with Crippen molar-refractivity contribution in [3.63, 3.8) is 0 Å². The summed E-state index contributed by atoms with van der Waals surface area (Å²) in [7, 11) is 0. The molecular formula is C28H27N3O3. The van der Waals surface area contributed by atoms with Crippen molar-refractivity contribution in [1.82, 2.24) is 9.88 Å². The van der Waals surface area contributed by atoms with Gasteiger partial charge in [0.1, 0.15) is 0 Å². The number of rotatable bonds is 5. The van der Waals surface area contributed by atoms with Crippen LogP contribution in [0.15, 0.2) is 71.7 Å². The van der Waals surface area contributed by atoms with Crippen LogP contribution in [0, 0.1) is 0 Å². The molecule has 3 heterocycles. The lowest BCUT2D eigenvalue weighted by atomic mass is 10.0. The van der Waals surface area contributed by atoms with Gasteiger partial charge in [-0.05, 0) is 49.7 Å². The molecule has 0 spiro atoms. The number of fused-ring (bicyclic) bond motifs is 2. The fourth-order valence-corrected chi connectivity index (χ4v) is 4.85. The van der Waals surface area contributed by atoms with Crippen molar-refractivity contribution < 1.29 is 14.6 Å². The summed E-state index contributed by atoms with van der Waals surface area (Å²) in [6.07, 6.45) is 3.92. The van der Waals surface area contributed by atoms with E-state index in [1.807, 2.05) is 42.5 Å². The van der Waals surface area contributed by atoms with Crippen LogP contribution >= 0.6 is 0 Å². The van der Waals surface area contributed by atoms with Gasteiger partial charge in [0.25, 0.3) is 0 Å². The number of H-pyrrole nitrogens is 1. The van der Waals surface area contributed by atoms with Gasteiger partial charge in [0.15, 0.2) is 17.4 Å². The van der Waals surface area contributed by atoms with E-state index in [-0.39, 0.29) is 12.7 Å². The number of aromatic amines is 1. The number of nitrogens with zero attached hydrogens (tertiary/aromatic N) is 2. The van der Waals surface area contributed by atoms with E-state index in [0.29, 0.717) is 22.8 Å². The van der Waals surface area contributed by atoms with Crippen LogP contribution in [-0.2, 0) is 6.54 Å². The molecule has 4 aromatic rings. The summed E-state index contributed by atoms with van der Waals surface area (Å²) in [6, 6.07) is 22.1. The molecule has 0 amide bonds. The van der Waals surface area contributed by atoms with Gasteiger partial charge < -0.3 is 19.6 Å². The monoisotopic (exact) mass is 453 g/mol. The molecular weight excluding hydrogens is 426 g/mol. The summed E-state index contributed by atoms with van der Waals surface area (Å²) >= 11 is 0. The minimum Gasteiger partial charge on any atom is -0.494 e. The average molecular weight is 454 g/mol. The maximum Gasteiger partial charge on any atom is 0.231 e. The number of benzene rings is 3. The van der Waals surface area contributed by atoms with Crippen LogP contribution in [0.1, 0.15) is 36.0 Å². The number of nitrogens with one attached hydrogen (secondary N) is 1. The fraction of sp³-hybridized carbons (Fsp3) is 0.250. The summed E-state index contributed by atoms with van der Waals surface area (Å²) in [5.41, 5.74) is 5.19. The van der Waals surface area contributed by atoms with Gasteiger partial charge in [0.2, 0.25) is 6.79 Å². The van der Waals surface area contributed by atoms with Gasteiger partial charge in [-0.2, -0.15) is 0 Å². The molecule has 6 rings (SSSR count). The maximum absolute atomic E-state index is 10.9. The van der Waals surface area contributed by atoms with E-state index in [1.54, 1.807) is 0 Å². The molecule has 0 atom stereocenters. The Bertz CT molecular complexity index is 1340. The van der Waals surface area contributed by atoms with Crippen molar-refractivity contribution >= 4 is 22.3 Å². The number of aromatic nitrogens is 1. The smallest absolute Gasteiger partial charge is 0.231 e. The van der Waals surface area contributed by atoms with Crippen LogP contribution in [0.5, 0.6) is 17.4 Å². The molecule has 0 bridgehead atoms. The van der Waals surface area contributed by atoms with Crippen molar-refractivity contribution in [3.05, 3.63) is 83.4 Å². The molecule has 0 radical (unpaired) electrons. The fourth-order valence-electron chi connectivity index (χ4n) is 4.85. The molecule has 1 aromatic heterocycles. The van der Waals surface area contributed by atoms with Gasteiger partial charge in [0, 0.05) is 23.6 Å². The zero-order chi connectivity index (χ0) is 22.9. The first-order valence-corrected chi connectivity index (χ1v) is 11.8. The average Bonchev–Trinajstić information content (AvgIpc) is 3.46. The minimum atomic E-state index is 0.0722. The molecule has 1 fully saturated rings. The molecule has 1 saturated heterocycles. The zero-order valence-electron chi connectivity index (χ0n) is 19.0. The number of likely N-dealkylation sites (tertiary alicyclic amines) is 1. The van der Waals surface area contributed by atoms with Crippen LogP contribution in [-0.4, -0.2) is 40.6 Å². The van der Waals surface area contributed by atoms with Crippen molar-refractivity contribution in [3.8, 4) is 17.4 Å². The standard InChI is InChI=1S/C28H27N3O3/c32-28-26(22-15-24-25(34-18-33-24)16-23(22)30-28)27(20-7-3-1-4-8-20)29-21-11-9-19(10-12-21)17-31-13-5-2-6-14-31/h1,3-4,7-12,15-16,30,32H,2,5-6,13-14,17-18H2. The van der Waals surface area contributed by atoms with Crippen molar-refractivity contribution in [2.45, 2.75) is 25.8 Å². The predicted molar refractivity (Wildman–Crippen MR) is 133 cm³/mol. The second-order valence-corrected chi connectivity index (χ2v) is 8.93. The van der Waals surface area contributed by atoms with Crippen molar-refractivity contribution in [1.29, 1.82) is 0 Å². The molecule has 6 heteroatoms. The number of aromatic hydroxyl groups is 1. The molecule has 34 heavy (non-hydrogen) atoms. The predicted octanol–water partition coefficient (Wildman–Crippen LogP) is 5.76. The van der Waals surface area contributed by atoms with Gasteiger partial charge >= 0.3 is 0 Å². The first-order chi connectivity index (χ1) is 16.7. The van der Waals surface area contributed by atoms with E-state index < -0.39 is 0 Å². The number of hydrogen-bond donors (Lipinski definition) is 2. The van der Waals surface area contributed by atoms with E-state index in [0.717, 1.165) is 28.7 Å². The van der Waals surface area contributed by atoms with Crippen LogP contribution in [0.25, 0.3) is 10.9 Å². The van der Waals surface area contributed by atoms with E-state index in [4.69, 9.17) is 14.5 Å². The number of ether oxygens (including phenoxy) is 2. The molecule has 0 aliphatic carbocycles. The second-order valence-electron chi connectivity index (χ2n) is 8.93. The normalized spacial score (nSPS) is 16.3. The lowest BCUT2D eigenvalue weighted by Gasteiger charge is -2.26. The summed E-state index contributed by atoms with van der Waals surface area (Å²) in [5.74, 6) is 1.41. The first-order valence-electron chi connectivity index (χ1n) is 11.8. The van der Waals surface area contributed by atoms with E-state index in [2.05, 4.69) is 34.1 Å². The molecule has 0 unspecified atom stereocenters. The summed E-state index contributed by atoms with van der Waals surface area (Å²) < 4.78 is 11.1. The van der Waals surface area contributed by atoms with E-state index >= 15 is 0 Å². The summed E-state index contributed by atoms with van der Waals surface area (Å²) in [6.45, 7) is 3.53. The highest BCUT2D eigenvalue weighted by molar-refractivity contribution is 6.22. The Hall–Kier alpha value is -3.77. The van der Waals surface area contributed by atoms with Crippen molar-refractivity contribution in [2.24, 2.45) is 4.99 Å². The molecule has 3 aromatic carbocycles. The number of aliphatic imine (C=N–C) groups is 1. The topological polar surface area (TPSA) is 70.1 Å². The van der Waals surface area contributed by atoms with Gasteiger partial charge in [-0.1, -0.05) is 48.9 Å². The van der Waals surface area contributed by atoms with Crippen LogP contribution in [0.2, 0.25) is 0 Å². The number of piperidine rings is 1. The Morgan fingerprint density at radius 2 is 1.65 bits per heavy atom. The lowest BCUT2D eigenvalue weighted by Crippen LogP contribution is -2.28. The first kappa shape index (κ1) is 20.8. The highest BCUT2D eigenvalue weighted by atomic mass is 16.7. The Kier molecular flexibility index (Phi) is 5.43. The Morgan fingerprint density at radius 1 is 0.912 bits per heavy atom. The molecule has 2 N–H and O–H groups in total. The van der Waals surface area contributed by atoms with E-state index in [9.17, 15) is 5.11 Å². The molecule has 0 saturated carbocycles. The zero-order valence-corrected chi connectivity index (χ0v) is 19.0. The minimum absolute atomic E-state index is 0.0722. The quantitative estimate of drug-likeness (QED) is 0.377. The highest BCUT2D eigenvalue weighted by Crippen LogP contribution is 2.40. The van der Waals surface area contributed by atoms with Crippen LogP contribution in [0.3, 0.4) is 0 Å². The van der Waals surface area contributed by atoms with Gasteiger partial charge in [-0.15, -0.1) is 0 Å². The van der Waals surface area contributed by atoms with Crippen LogP contribution in [0.4, 0.5) is 5.69 Å². The van der Waals surface area contributed by atoms with Gasteiger partial charge in [-0.3, -0.25) is 4.90 Å². The third-order valence-electron chi connectivity index (χ3n) is 6.59. The SMILES string of the molecule is Oc1[nH]c2cc3c(cc2c1C(=Nc1ccc(CN2CCCCC2)cc1)c1ccccc1)OCO3. The lowest BCUT2D eigenvalue weighted by molar-refractivity contribution is 0.174. The Morgan fingerprint density at radius 3 is 2.41 bits per heavy atom. The van der Waals surface area contributed by atoms with Gasteiger partial charge in [0.05, 0.1) is 22.5 Å². The number of hydrogen-bond acceptors (Lipinski definition) is 5. The Labute approximate surface area is 198 Å².